The SMILES string of the molecule is Cc1ccc(C(C)C)cc1.NCCN.[Cl-].[Ru+]. The first-order valence-corrected chi connectivity index (χ1v) is 5.08. The summed E-state index contributed by atoms with van der Waals surface area (Å²) in [6, 6.07) is 8.71. The minimum absolute atomic E-state index is 0. The van der Waals surface area contributed by atoms with Gasteiger partial charge in [-0.25, -0.2) is 0 Å². The van der Waals surface area contributed by atoms with E-state index in [1.54, 1.807) is 0 Å². The van der Waals surface area contributed by atoms with Crippen LogP contribution in [0.4, 0.5) is 0 Å². The molecule has 0 saturated heterocycles. The third kappa shape index (κ3) is 10.6. The quantitative estimate of drug-likeness (QED) is 0.685. The van der Waals surface area contributed by atoms with Crippen molar-refractivity contribution in [3.05, 3.63) is 35.4 Å². The van der Waals surface area contributed by atoms with E-state index in [4.69, 9.17) is 11.5 Å². The first-order chi connectivity index (χ1) is 6.61. The van der Waals surface area contributed by atoms with Crippen molar-refractivity contribution in [1.29, 1.82) is 0 Å². The molecular weight excluding hydrogens is 309 g/mol. The molecule has 0 heterocycles. The predicted octanol–water partition coefficient (Wildman–Crippen LogP) is -0.976. The third-order valence-corrected chi connectivity index (χ3v) is 1.91. The molecule has 0 fully saturated rings. The van der Waals surface area contributed by atoms with E-state index >= 15 is 0 Å². The van der Waals surface area contributed by atoms with Crippen LogP contribution in [0, 0.1) is 6.92 Å². The van der Waals surface area contributed by atoms with Crippen molar-refractivity contribution in [3.8, 4) is 0 Å². The molecule has 0 atom stereocenters. The largest absolute Gasteiger partial charge is 1.00 e. The fourth-order valence-electron chi connectivity index (χ4n) is 0.951. The van der Waals surface area contributed by atoms with E-state index in [-0.39, 0.29) is 31.9 Å². The van der Waals surface area contributed by atoms with Crippen molar-refractivity contribution < 1.29 is 31.9 Å². The Morgan fingerprint density at radius 3 is 1.62 bits per heavy atom. The fraction of sp³-hybridized carbons (Fsp3) is 0.500. The van der Waals surface area contributed by atoms with Gasteiger partial charge in [-0.3, -0.25) is 0 Å². The smallest absolute Gasteiger partial charge is 1.00 e. The van der Waals surface area contributed by atoms with Crippen LogP contribution in [0.25, 0.3) is 0 Å². The molecule has 4 N–H and O–H groups in total. The van der Waals surface area contributed by atoms with Gasteiger partial charge >= 0.3 is 19.5 Å². The Bertz CT molecular complexity index is 235. The van der Waals surface area contributed by atoms with Crippen LogP contribution in [-0.2, 0) is 19.5 Å². The average molecular weight is 331 g/mol. The summed E-state index contributed by atoms with van der Waals surface area (Å²) in [4.78, 5) is 0. The van der Waals surface area contributed by atoms with Gasteiger partial charge in [-0.15, -0.1) is 0 Å². The second kappa shape index (κ2) is 13.1. The van der Waals surface area contributed by atoms with Crippen molar-refractivity contribution >= 4 is 0 Å². The van der Waals surface area contributed by atoms with E-state index in [2.05, 4.69) is 45.0 Å². The Balaban J connectivity index is -0.000000249. The molecule has 0 aromatic heterocycles. The minimum atomic E-state index is 0. The summed E-state index contributed by atoms with van der Waals surface area (Å²) in [5.74, 6) is 0.653. The molecule has 1 radical (unpaired) electrons. The van der Waals surface area contributed by atoms with Crippen LogP contribution in [-0.4, -0.2) is 13.1 Å². The fourth-order valence-corrected chi connectivity index (χ4v) is 0.951. The monoisotopic (exact) mass is 331 g/mol. The Hall–Kier alpha value is 0.0534. The van der Waals surface area contributed by atoms with Gasteiger partial charge in [0, 0.05) is 13.1 Å². The van der Waals surface area contributed by atoms with E-state index in [0.717, 1.165) is 0 Å². The van der Waals surface area contributed by atoms with Crippen molar-refractivity contribution in [2.45, 2.75) is 26.7 Å². The Morgan fingerprint density at radius 1 is 1.00 bits per heavy atom. The molecule has 0 amide bonds. The molecule has 4 heteroatoms. The molecule has 1 aromatic rings. The second-order valence-electron chi connectivity index (χ2n) is 3.64. The summed E-state index contributed by atoms with van der Waals surface area (Å²) in [7, 11) is 0. The number of benzene rings is 1. The minimum Gasteiger partial charge on any atom is -1.00 e. The predicted molar refractivity (Wildman–Crippen MR) is 63.4 cm³/mol. The number of rotatable bonds is 2. The number of halogens is 1. The van der Waals surface area contributed by atoms with Crippen LogP contribution in [0.2, 0.25) is 0 Å². The molecule has 0 saturated carbocycles. The normalized spacial score (nSPS) is 8.38. The van der Waals surface area contributed by atoms with Gasteiger partial charge in [0.15, 0.2) is 0 Å². The molecule has 0 spiro atoms. The first kappa shape index (κ1) is 21.3. The Kier molecular flexibility index (Phi) is 17.5. The molecule has 1 aromatic carbocycles. The Morgan fingerprint density at radius 2 is 1.38 bits per heavy atom. The van der Waals surface area contributed by atoms with Gasteiger partial charge in [-0.1, -0.05) is 43.7 Å². The van der Waals surface area contributed by atoms with Crippen molar-refractivity contribution in [3.63, 3.8) is 0 Å². The topological polar surface area (TPSA) is 52.0 Å². The maximum atomic E-state index is 4.90. The molecule has 2 nitrogen and oxygen atoms in total. The zero-order chi connectivity index (χ0) is 11.0. The van der Waals surface area contributed by atoms with Gasteiger partial charge in [-0.05, 0) is 18.4 Å². The van der Waals surface area contributed by atoms with Crippen LogP contribution in [0.15, 0.2) is 24.3 Å². The molecule has 0 aliphatic carbocycles. The van der Waals surface area contributed by atoms with Crippen molar-refractivity contribution in [1.82, 2.24) is 0 Å². The number of hydrogen-bond acceptors (Lipinski definition) is 2. The maximum Gasteiger partial charge on any atom is 1.00 e. The summed E-state index contributed by atoms with van der Waals surface area (Å²) in [6.07, 6.45) is 0. The van der Waals surface area contributed by atoms with E-state index in [1.165, 1.54) is 11.1 Å². The molecule has 16 heavy (non-hydrogen) atoms. The molecule has 95 valence electrons. The van der Waals surface area contributed by atoms with Crippen LogP contribution in [0.5, 0.6) is 0 Å². The van der Waals surface area contributed by atoms with Crippen LogP contribution in [0.3, 0.4) is 0 Å². The van der Waals surface area contributed by atoms with E-state index in [9.17, 15) is 0 Å². The molecule has 0 unspecified atom stereocenters. The standard InChI is InChI=1S/C10H14.C2H8N2.ClH.Ru/c1-8(2)10-6-4-9(3)5-7-10;3-1-2-4;;/h4-8H,1-3H3;1-4H2;1H;/q;;;+1/p-1. The van der Waals surface area contributed by atoms with Gasteiger partial charge in [0.1, 0.15) is 0 Å². The summed E-state index contributed by atoms with van der Waals surface area (Å²) < 4.78 is 0. The maximum absolute atomic E-state index is 4.90. The van der Waals surface area contributed by atoms with Crippen molar-refractivity contribution in [2.75, 3.05) is 13.1 Å². The zero-order valence-electron chi connectivity index (χ0n) is 10.2. The van der Waals surface area contributed by atoms with E-state index < -0.39 is 0 Å². The Labute approximate surface area is 118 Å². The van der Waals surface area contributed by atoms with Gasteiger partial charge in [0.25, 0.3) is 0 Å². The van der Waals surface area contributed by atoms with Gasteiger partial charge in [0.05, 0.1) is 0 Å². The van der Waals surface area contributed by atoms with E-state index in [0.29, 0.717) is 19.0 Å². The molecule has 0 bridgehead atoms. The summed E-state index contributed by atoms with van der Waals surface area (Å²) in [5.41, 5.74) is 12.6. The van der Waals surface area contributed by atoms with Crippen LogP contribution in [0.1, 0.15) is 30.9 Å². The van der Waals surface area contributed by atoms with Gasteiger partial charge in [0.2, 0.25) is 0 Å². The van der Waals surface area contributed by atoms with Crippen LogP contribution >= 0.6 is 0 Å². The molecule has 0 aliphatic rings. The van der Waals surface area contributed by atoms with Crippen molar-refractivity contribution in [2.24, 2.45) is 11.5 Å². The molecular formula is C12H22ClN2Ru. The van der Waals surface area contributed by atoms with Crippen LogP contribution < -0.4 is 23.9 Å². The molecule has 1 rings (SSSR count). The second-order valence-corrected chi connectivity index (χ2v) is 3.64. The third-order valence-electron chi connectivity index (χ3n) is 1.91. The average Bonchev–Trinajstić information content (AvgIpc) is 2.19. The summed E-state index contributed by atoms with van der Waals surface area (Å²) in [5, 5.41) is 0. The first-order valence-electron chi connectivity index (χ1n) is 5.08. The summed E-state index contributed by atoms with van der Waals surface area (Å²) >= 11 is 0. The summed E-state index contributed by atoms with van der Waals surface area (Å²) in [6.45, 7) is 7.74. The van der Waals surface area contributed by atoms with E-state index in [1.807, 2.05) is 0 Å². The van der Waals surface area contributed by atoms with Gasteiger partial charge in [-0.2, -0.15) is 0 Å². The number of aryl methyl sites for hydroxylation is 1. The number of hydrogen-bond donors (Lipinski definition) is 2. The molecule has 0 aliphatic heterocycles. The van der Waals surface area contributed by atoms with Gasteiger partial charge < -0.3 is 23.9 Å². The zero-order valence-corrected chi connectivity index (χ0v) is 12.7. The number of nitrogens with two attached hydrogens (primary N) is 2.